The van der Waals surface area contributed by atoms with Crippen molar-refractivity contribution in [1.82, 2.24) is 0 Å². The van der Waals surface area contributed by atoms with Crippen LogP contribution in [0.3, 0.4) is 0 Å². The summed E-state index contributed by atoms with van der Waals surface area (Å²) in [6, 6.07) is 21.9. The van der Waals surface area contributed by atoms with Crippen molar-refractivity contribution >= 4 is 79.6 Å². The molecule has 3 aliphatic rings. The smallest absolute Gasteiger partial charge is 0.168 e. The maximum Gasteiger partial charge on any atom is 0.168 e. The van der Waals surface area contributed by atoms with E-state index < -0.39 is 0 Å². The quantitative estimate of drug-likeness (QED) is 0.185. The SMILES string of the molecule is Cc1ccc(-c2ccc(-c3cc4c(s3)C3C(C)C5C(=O)c6cc(-c7ccc(-c8ccc(C)s8)s7)sc6C5C(C)C3C4=O)s2)s1. The predicted molar refractivity (Wildman–Crippen MR) is 191 cm³/mol. The van der Waals surface area contributed by atoms with Crippen LogP contribution in [0.1, 0.15) is 65.9 Å². The van der Waals surface area contributed by atoms with Crippen LogP contribution < -0.4 is 0 Å². The first kappa shape index (κ1) is 27.8. The number of hydrogen-bond donors (Lipinski definition) is 0. The summed E-state index contributed by atoms with van der Waals surface area (Å²) in [7, 11) is 0. The van der Waals surface area contributed by atoms with Gasteiger partial charge in [-0.2, -0.15) is 0 Å². The number of ketones is 2. The molecule has 0 N–H and O–H groups in total. The number of hydrogen-bond acceptors (Lipinski definition) is 8. The number of aryl methyl sites for hydroxylation is 2. The van der Waals surface area contributed by atoms with Gasteiger partial charge in [0, 0.05) is 93.3 Å². The maximum atomic E-state index is 14.1. The Hall–Kier alpha value is -2.46. The van der Waals surface area contributed by atoms with Crippen LogP contribution in [-0.4, -0.2) is 11.6 Å². The van der Waals surface area contributed by atoms with Gasteiger partial charge < -0.3 is 0 Å². The van der Waals surface area contributed by atoms with Crippen molar-refractivity contribution in [3.8, 4) is 39.0 Å². The van der Waals surface area contributed by atoms with Crippen LogP contribution in [-0.2, 0) is 0 Å². The molecule has 6 aromatic rings. The summed E-state index contributed by atoms with van der Waals surface area (Å²) in [5, 5.41) is 0. The van der Waals surface area contributed by atoms with Gasteiger partial charge in [0.25, 0.3) is 0 Å². The molecule has 44 heavy (non-hydrogen) atoms. The van der Waals surface area contributed by atoms with Gasteiger partial charge in [0.1, 0.15) is 0 Å². The molecule has 0 saturated heterocycles. The third kappa shape index (κ3) is 3.98. The first-order valence-electron chi connectivity index (χ1n) is 15.0. The van der Waals surface area contributed by atoms with Crippen molar-refractivity contribution in [3.05, 3.63) is 91.3 Å². The molecule has 220 valence electrons. The van der Waals surface area contributed by atoms with Gasteiger partial charge in [-0.05, 0) is 86.3 Å². The van der Waals surface area contributed by atoms with Crippen molar-refractivity contribution in [3.63, 3.8) is 0 Å². The van der Waals surface area contributed by atoms with Crippen LogP contribution in [0.25, 0.3) is 39.0 Å². The van der Waals surface area contributed by atoms with E-state index in [-0.39, 0.29) is 35.5 Å². The van der Waals surface area contributed by atoms with Crippen LogP contribution >= 0.6 is 68.0 Å². The van der Waals surface area contributed by atoms with Gasteiger partial charge in [0.15, 0.2) is 11.6 Å². The van der Waals surface area contributed by atoms with Crippen LogP contribution in [0.15, 0.2) is 60.7 Å². The van der Waals surface area contributed by atoms with Crippen molar-refractivity contribution < 1.29 is 9.59 Å². The van der Waals surface area contributed by atoms with Crippen molar-refractivity contribution in [1.29, 1.82) is 0 Å². The van der Waals surface area contributed by atoms with Crippen molar-refractivity contribution in [2.75, 3.05) is 0 Å². The molecule has 0 spiro atoms. The van der Waals surface area contributed by atoms with E-state index in [0.29, 0.717) is 11.6 Å². The molecule has 8 heteroatoms. The Kier molecular flexibility index (Phi) is 6.33. The molecule has 6 heterocycles. The lowest BCUT2D eigenvalue weighted by Crippen LogP contribution is -2.42. The molecule has 9 rings (SSSR count). The summed E-state index contributed by atoms with van der Waals surface area (Å²) in [6.07, 6.45) is 0. The topological polar surface area (TPSA) is 34.1 Å². The molecule has 0 amide bonds. The average molecular weight is 685 g/mol. The standard InChI is InChI=1S/C36H28O2S6/c1-15-5-7-21(39-15)23-9-11-25(41-23)27-13-19-33(37)29-18(4)32-30(17(3)31(29)35(19)43-27)34(38)20-14-28(44-36(20)32)26-12-10-24(42-26)22-8-6-16(2)40-22/h5-14,17-18,29-32H,1-4H3. The van der Waals surface area contributed by atoms with Crippen LogP contribution in [0.4, 0.5) is 0 Å². The molecular formula is C36H28O2S6. The molecular weight excluding hydrogens is 657 g/mol. The summed E-state index contributed by atoms with van der Waals surface area (Å²) in [5.74, 6) is 1.01. The number of carbonyl (C=O) groups excluding carboxylic acids is 2. The second-order valence-electron chi connectivity index (χ2n) is 12.5. The van der Waals surface area contributed by atoms with Crippen LogP contribution in [0.2, 0.25) is 0 Å². The predicted octanol–water partition coefficient (Wildman–Crippen LogP) is 12.1. The monoisotopic (exact) mass is 684 g/mol. The Morgan fingerprint density at radius 2 is 0.773 bits per heavy atom. The molecule has 6 atom stereocenters. The van der Waals surface area contributed by atoms with E-state index in [1.807, 2.05) is 45.3 Å². The normalized spacial score (nSPS) is 25.4. The molecule has 6 unspecified atom stereocenters. The second kappa shape index (κ2) is 10.0. The minimum atomic E-state index is -0.0470. The fourth-order valence-corrected chi connectivity index (χ4v) is 14.9. The van der Waals surface area contributed by atoms with Crippen LogP contribution in [0.5, 0.6) is 0 Å². The molecule has 3 aliphatic carbocycles. The molecule has 0 aromatic carbocycles. The lowest BCUT2D eigenvalue weighted by molar-refractivity contribution is 0.0551. The Balaban J connectivity index is 1.03. The highest BCUT2D eigenvalue weighted by Gasteiger charge is 2.60. The average Bonchev–Trinajstić information content (AvgIpc) is 3.83. The van der Waals surface area contributed by atoms with E-state index in [0.717, 1.165) is 11.1 Å². The molecule has 2 nitrogen and oxygen atoms in total. The lowest BCUT2D eigenvalue weighted by atomic mass is 9.59. The molecule has 0 radical (unpaired) electrons. The highest BCUT2D eigenvalue weighted by Crippen LogP contribution is 2.65. The first-order chi connectivity index (χ1) is 21.3. The first-order valence-corrected chi connectivity index (χ1v) is 19.9. The van der Waals surface area contributed by atoms with Gasteiger partial charge in [-0.1, -0.05) is 13.8 Å². The Morgan fingerprint density at radius 1 is 0.432 bits per heavy atom. The summed E-state index contributed by atoms with van der Waals surface area (Å²) in [6.45, 7) is 8.78. The fourth-order valence-electron chi connectivity index (χ4n) is 7.99. The second-order valence-corrected chi connectivity index (χ2v) is 19.4. The third-order valence-corrected chi connectivity index (χ3v) is 17.4. The molecule has 1 fully saturated rings. The number of thiophene rings is 6. The van der Waals surface area contributed by atoms with E-state index in [2.05, 4.69) is 88.4 Å². The van der Waals surface area contributed by atoms with Gasteiger partial charge in [-0.25, -0.2) is 0 Å². The Bertz CT molecular complexity index is 1970. The number of fused-ring (bicyclic) bond motifs is 6. The van der Waals surface area contributed by atoms with Gasteiger partial charge in [0.2, 0.25) is 0 Å². The molecule has 0 bridgehead atoms. The summed E-state index contributed by atoms with van der Waals surface area (Å²) in [5.41, 5.74) is 1.82. The zero-order valence-electron chi connectivity index (χ0n) is 24.5. The van der Waals surface area contributed by atoms with Gasteiger partial charge in [-0.3, -0.25) is 9.59 Å². The van der Waals surface area contributed by atoms with E-state index in [1.54, 1.807) is 22.7 Å². The van der Waals surface area contributed by atoms with Gasteiger partial charge in [0.05, 0.1) is 0 Å². The van der Waals surface area contributed by atoms with Crippen molar-refractivity contribution in [2.45, 2.75) is 39.5 Å². The van der Waals surface area contributed by atoms with Gasteiger partial charge >= 0.3 is 0 Å². The number of carbonyl (C=O) groups is 2. The van der Waals surface area contributed by atoms with Crippen molar-refractivity contribution in [2.24, 2.45) is 23.7 Å². The van der Waals surface area contributed by atoms with Crippen LogP contribution in [0, 0.1) is 37.5 Å². The molecule has 1 saturated carbocycles. The maximum absolute atomic E-state index is 14.1. The Morgan fingerprint density at radius 3 is 1.14 bits per heavy atom. The highest BCUT2D eigenvalue weighted by atomic mass is 32.1. The summed E-state index contributed by atoms with van der Waals surface area (Å²) in [4.78, 5) is 43.3. The van der Waals surface area contributed by atoms with E-state index in [4.69, 9.17) is 0 Å². The number of rotatable bonds is 4. The third-order valence-electron chi connectivity index (χ3n) is 9.97. The van der Waals surface area contributed by atoms with Gasteiger partial charge in [-0.15, -0.1) is 68.0 Å². The zero-order valence-corrected chi connectivity index (χ0v) is 29.4. The zero-order chi connectivity index (χ0) is 30.0. The lowest BCUT2D eigenvalue weighted by Gasteiger charge is -2.43. The Labute approximate surface area is 280 Å². The molecule has 6 aromatic heterocycles. The minimum Gasteiger partial charge on any atom is -0.294 e. The van der Waals surface area contributed by atoms with E-state index in [1.165, 1.54) is 58.5 Å². The minimum absolute atomic E-state index is 0.0470. The number of Topliss-reactive ketones (excluding diaryl/α,β-unsaturated/α-hetero) is 2. The molecule has 0 aliphatic heterocycles. The van der Waals surface area contributed by atoms with E-state index in [9.17, 15) is 9.59 Å². The fraction of sp³-hybridized carbons (Fsp3) is 0.278. The summed E-state index contributed by atoms with van der Waals surface area (Å²) >= 11 is 10.9. The van der Waals surface area contributed by atoms with E-state index >= 15 is 0 Å². The highest BCUT2D eigenvalue weighted by molar-refractivity contribution is 7.27. The largest absolute Gasteiger partial charge is 0.294 e. The summed E-state index contributed by atoms with van der Waals surface area (Å²) < 4.78 is 0.